The number of rotatable bonds is 6. The minimum Gasteiger partial charge on any atom is -0.410 e. The molecule has 1 aliphatic heterocycles. The van der Waals surface area contributed by atoms with Crippen LogP contribution in [0.25, 0.3) is 0 Å². The van der Waals surface area contributed by atoms with Crippen LogP contribution in [0.2, 0.25) is 18.1 Å². The molecule has 138 valence electrons. The van der Waals surface area contributed by atoms with Crippen LogP contribution >= 0.6 is 39.9 Å². The molecule has 0 unspecified atom stereocenters. The first-order chi connectivity index (χ1) is 10.9. The van der Waals surface area contributed by atoms with Crippen LogP contribution in [-0.2, 0) is 9.22 Å². The highest BCUT2D eigenvalue weighted by atomic mass is 79.9. The van der Waals surface area contributed by atoms with Crippen molar-refractivity contribution in [3.8, 4) is 0 Å². The molecule has 24 heavy (non-hydrogen) atoms. The van der Waals surface area contributed by atoms with Crippen molar-refractivity contribution in [1.82, 2.24) is 4.90 Å². The molecule has 0 aliphatic carbocycles. The Morgan fingerprint density at radius 2 is 2.08 bits per heavy atom. The fourth-order valence-corrected chi connectivity index (χ4v) is 5.55. The predicted molar refractivity (Wildman–Crippen MR) is 115 cm³/mol. The van der Waals surface area contributed by atoms with Gasteiger partial charge in [-0.1, -0.05) is 74.5 Å². The molecule has 0 aromatic heterocycles. The molecule has 0 bridgehead atoms. The zero-order valence-electron chi connectivity index (χ0n) is 15.8. The van der Waals surface area contributed by atoms with E-state index in [9.17, 15) is 4.79 Å². The van der Waals surface area contributed by atoms with Crippen molar-refractivity contribution in [2.45, 2.75) is 71.3 Å². The standard InChI is InChI=1S/C17H30BrNO2S2Si/c1-12(2)14-11-23-16(22)19(14)15(20)10-13(8-9-18)21-24(6,7)17(3,4)5/h8-9,12-14H,10-11H2,1-7H3/b9-8+/t13-,14+/m1/s1. The minimum atomic E-state index is -1.95. The number of carbonyl (C=O) groups is 1. The Morgan fingerprint density at radius 3 is 2.54 bits per heavy atom. The smallest absolute Gasteiger partial charge is 0.231 e. The van der Waals surface area contributed by atoms with Gasteiger partial charge in [0.1, 0.15) is 4.32 Å². The van der Waals surface area contributed by atoms with Crippen molar-refractivity contribution in [3.63, 3.8) is 0 Å². The van der Waals surface area contributed by atoms with Crippen molar-refractivity contribution >= 4 is 58.5 Å². The Bertz CT molecular complexity index is 503. The van der Waals surface area contributed by atoms with E-state index >= 15 is 0 Å². The number of halogens is 1. The molecular formula is C17H30BrNO2S2Si. The van der Waals surface area contributed by atoms with Gasteiger partial charge in [-0.15, -0.1) is 0 Å². The largest absolute Gasteiger partial charge is 0.410 e. The van der Waals surface area contributed by atoms with E-state index in [-0.39, 0.29) is 23.1 Å². The van der Waals surface area contributed by atoms with Gasteiger partial charge < -0.3 is 4.43 Å². The van der Waals surface area contributed by atoms with Crippen molar-refractivity contribution < 1.29 is 9.22 Å². The van der Waals surface area contributed by atoms with Crippen LogP contribution in [0.5, 0.6) is 0 Å². The SMILES string of the molecule is CC(C)[C@@H]1CSC(=S)N1C(=O)C[C@@H](/C=C/Br)O[Si](C)(C)C(C)(C)C. The van der Waals surface area contributed by atoms with E-state index in [1.54, 1.807) is 16.7 Å². The second-order valence-electron chi connectivity index (χ2n) is 8.09. The Morgan fingerprint density at radius 1 is 1.50 bits per heavy atom. The number of hydrogen-bond acceptors (Lipinski definition) is 4. The third-order valence-electron chi connectivity index (χ3n) is 4.86. The second kappa shape index (κ2) is 8.80. The maximum Gasteiger partial charge on any atom is 0.231 e. The molecule has 0 aromatic rings. The van der Waals surface area contributed by atoms with Gasteiger partial charge in [0.05, 0.1) is 12.5 Å². The van der Waals surface area contributed by atoms with Crippen LogP contribution in [0.1, 0.15) is 41.0 Å². The lowest BCUT2D eigenvalue weighted by Gasteiger charge is -2.39. The molecule has 3 nitrogen and oxygen atoms in total. The number of hydrogen-bond donors (Lipinski definition) is 0. The fourth-order valence-electron chi connectivity index (χ4n) is 2.27. The average molecular weight is 453 g/mol. The summed E-state index contributed by atoms with van der Waals surface area (Å²) in [6.07, 6.45) is 2.03. The maximum absolute atomic E-state index is 12.9. The molecular weight excluding hydrogens is 422 g/mol. The molecule has 1 heterocycles. The third kappa shape index (κ3) is 5.66. The molecule has 0 radical (unpaired) electrons. The summed E-state index contributed by atoms with van der Waals surface area (Å²) in [6.45, 7) is 15.3. The summed E-state index contributed by atoms with van der Waals surface area (Å²) >= 11 is 10.3. The molecule has 1 saturated heterocycles. The van der Waals surface area contributed by atoms with E-state index < -0.39 is 8.32 Å². The zero-order valence-corrected chi connectivity index (χ0v) is 20.0. The third-order valence-corrected chi connectivity index (χ3v) is 11.2. The number of carbonyl (C=O) groups excluding carboxylic acids is 1. The Kier molecular flexibility index (Phi) is 8.19. The van der Waals surface area contributed by atoms with Crippen LogP contribution in [0.15, 0.2) is 11.1 Å². The summed E-state index contributed by atoms with van der Waals surface area (Å²) in [5.74, 6) is 1.36. The fraction of sp³-hybridized carbons (Fsp3) is 0.765. The van der Waals surface area contributed by atoms with Crippen LogP contribution in [-0.4, -0.2) is 41.3 Å². The Labute approximate surface area is 166 Å². The average Bonchev–Trinajstić information content (AvgIpc) is 2.79. The predicted octanol–water partition coefficient (Wildman–Crippen LogP) is 5.56. The van der Waals surface area contributed by atoms with Gasteiger partial charge in [0, 0.05) is 11.8 Å². The quantitative estimate of drug-likeness (QED) is 0.390. The van der Waals surface area contributed by atoms with E-state index in [0.717, 1.165) is 5.75 Å². The molecule has 0 N–H and O–H groups in total. The van der Waals surface area contributed by atoms with Crippen molar-refractivity contribution in [3.05, 3.63) is 11.1 Å². The topological polar surface area (TPSA) is 29.5 Å². The Hall–Kier alpha value is 0.307. The summed E-state index contributed by atoms with van der Waals surface area (Å²) in [4.78, 5) is 16.5. The lowest BCUT2D eigenvalue weighted by Crippen LogP contribution is -2.46. The second-order valence-corrected chi connectivity index (χ2v) is 15.0. The van der Waals surface area contributed by atoms with E-state index in [2.05, 4.69) is 63.6 Å². The monoisotopic (exact) mass is 451 g/mol. The van der Waals surface area contributed by atoms with Gasteiger partial charge >= 0.3 is 0 Å². The zero-order chi connectivity index (χ0) is 18.7. The van der Waals surface area contributed by atoms with E-state index in [0.29, 0.717) is 16.7 Å². The van der Waals surface area contributed by atoms with Crippen LogP contribution in [0.3, 0.4) is 0 Å². The van der Waals surface area contributed by atoms with Gasteiger partial charge in [-0.05, 0) is 35.1 Å². The summed E-state index contributed by atoms with van der Waals surface area (Å²) in [6, 6.07) is 0.191. The van der Waals surface area contributed by atoms with Crippen molar-refractivity contribution in [2.75, 3.05) is 5.75 Å². The van der Waals surface area contributed by atoms with Gasteiger partial charge in [-0.2, -0.15) is 0 Å². The number of amides is 1. The van der Waals surface area contributed by atoms with E-state index in [1.165, 1.54) is 0 Å². The first kappa shape index (κ1) is 22.3. The summed E-state index contributed by atoms with van der Waals surface area (Å²) < 4.78 is 7.13. The summed E-state index contributed by atoms with van der Waals surface area (Å²) in [5.41, 5.74) is 0. The first-order valence-corrected chi connectivity index (χ1v) is 13.6. The lowest BCUT2D eigenvalue weighted by molar-refractivity contribution is -0.130. The van der Waals surface area contributed by atoms with E-state index in [1.807, 2.05) is 11.0 Å². The molecule has 1 aliphatic rings. The highest BCUT2D eigenvalue weighted by molar-refractivity contribution is 9.11. The highest BCUT2D eigenvalue weighted by Crippen LogP contribution is 2.38. The molecule has 2 atom stereocenters. The van der Waals surface area contributed by atoms with Crippen molar-refractivity contribution in [1.29, 1.82) is 0 Å². The van der Waals surface area contributed by atoms with Gasteiger partial charge in [0.15, 0.2) is 8.32 Å². The van der Waals surface area contributed by atoms with Crippen LogP contribution < -0.4 is 0 Å². The van der Waals surface area contributed by atoms with Gasteiger partial charge in [-0.3, -0.25) is 9.69 Å². The lowest BCUT2D eigenvalue weighted by atomic mass is 10.0. The number of thioether (sulfide) groups is 1. The molecule has 0 spiro atoms. The van der Waals surface area contributed by atoms with E-state index in [4.69, 9.17) is 16.6 Å². The minimum absolute atomic E-state index is 0.0676. The highest BCUT2D eigenvalue weighted by Gasteiger charge is 2.41. The molecule has 0 aromatic carbocycles. The summed E-state index contributed by atoms with van der Waals surface area (Å²) in [5, 5.41) is 0.105. The van der Waals surface area contributed by atoms with Crippen LogP contribution in [0.4, 0.5) is 0 Å². The normalized spacial score (nSPS) is 21.1. The Balaban J connectivity index is 2.88. The summed E-state index contributed by atoms with van der Waals surface area (Å²) in [7, 11) is -1.95. The van der Waals surface area contributed by atoms with Crippen molar-refractivity contribution in [2.24, 2.45) is 5.92 Å². The molecule has 0 saturated carbocycles. The molecule has 1 fully saturated rings. The molecule has 7 heteroatoms. The maximum atomic E-state index is 12.9. The van der Waals surface area contributed by atoms with Gasteiger partial charge in [0.25, 0.3) is 0 Å². The first-order valence-electron chi connectivity index (χ1n) is 8.34. The number of thiocarbonyl (C=S) groups is 1. The van der Waals surface area contributed by atoms with Crippen LogP contribution in [0, 0.1) is 5.92 Å². The van der Waals surface area contributed by atoms with Gasteiger partial charge in [0.2, 0.25) is 5.91 Å². The number of nitrogens with zero attached hydrogens (tertiary/aromatic N) is 1. The molecule has 1 rings (SSSR count). The molecule has 1 amide bonds. The van der Waals surface area contributed by atoms with Gasteiger partial charge in [-0.25, -0.2) is 0 Å².